The summed E-state index contributed by atoms with van der Waals surface area (Å²) < 4.78 is 0. The van der Waals surface area contributed by atoms with Gasteiger partial charge in [-0.25, -0.2) is 0 Å². The molecule has 0 aliphatic rings. The molecule has 0 spiro atoms. The van der Waals surface area contributed by atoms with Crippen LogP contribution in [0.3, 0.4) is 0 Å². The molecule has 0 unspecified atom stereocenters. The van der Waals surface area contributed by atoms with E-state index in [-0.39, 0.29) is 6.54 Å². The largest absolute Gasteiger partial charge is 0.390 e. The summed E-state index contributed by atoms with van der Waals surface area (Å²) in [6, 6.07) is 8.99. The topological polar surface area (TPSA) is 95.6 Å². The van der Waals surface area contributed by atoms with Crippen molar-refractivity contribution < 1.29 is 15.0 Å². The van der Waals surface area contributed by atoms with E-state index in [2.05, 4.69) is 5.32 Å². The highest BCUT2D eigenvalue weighted by molar-refractivity contribution is 5.85. The van der Waals surface area contributed by atoms with Crippen LogP contribution in [0.2, 0.25) is 0 Å². The molecule has 1 amide bonds. The summed E-state index contributed by atoms with van der Waals surface area (Å²) in [7, 11) is 0. The SMILES string of the molecule is CC(C)(C)[C@@](C)(O)C(=O)N[C@@H](Cc1ccccc1)[C@@H](O)CN. The van der Waals surface area contributed by atoms with Crippen LogP contribution in [0.1, 0.15) is 33.3 Å². The molecule has 0 aromatic heterocycles. The fourth-order valence-electron chi connectivity index (χ4n) is 1.97. The summed E-state index contributed by atoms with van der Waals surface area (Å²) in [6.45, 7) is 6.89. The van der Waals surface area contributed by atoms with Gasteiger partial charge in [-0.2, -0.15) is 0 Å². The Morgan fingerprint density at radius 3 is 2.23 bits per heavy atom. The third-order valence-corrected chi connectivity index (χ3v) is 4.22. The van der Waals surface area contributed by atoms with Gasteiger partial charge in [0.1, 0.15) is 5.60 Å². The smallest absolute Gasteiger partial charge is 0.252 e. The Bertz CT molecular complexity index is 480. The third-order valence-electron chi connectivity index (χ3n) is 4.22. The summed E-state index contributed by atoms with van der Waals surface area (Å²) in [4.78, 5) is 12.4. The van der Waals surface area contributed by atoms with E-state index in [4.69, 9.17) is 5.73 Å². The van der Waals surface area contributed by atoms with E-state index in [1.807, 2.05) is 30.3 Å². The van der Waals surface area contributed by atoms with Crippen molar-refractivity contribution in [3.63, 3.8) is 0 Å². The van der Waals surface area contributed by atoms with Crippen LogP contribution in [0, 0.1) is 5.41 Å². The summed E-state index contributed by atoms with van der Waals surface area (Å²) in [5.41, 5.74) is 4.35. The second kappa shape index (κ2) is 7.22. The number of hydrogen-bond acceptors (Lipinski definition) is 4. The van der Waals surface area contributed by atoms with E-state index < -0.39 is 29.1 Å². The number of aliphatic hydroxyl groups is 2. The number of carbonyl (C=O) groups excluding carboxylic acids is 1. The number of hydrogen-bond donors (Lipinski definition) is 4. The Labute approximate surface area is 132 Å². The van der Waals surface area contributed by atoms with E-state index >= 15 is 0 Å². The zero-order valence-electron chi connectivity index (χ0n) is 13.8. The van der Waals surface area contributed by atoms with Gasteiger partial charge in [-0.05, 0) is 24.3 Å². The van der Waals surface area contributed by atoms with Gasteiger partial charge < -0.3 is 21.3 Å². The van der Waals surface area contributed by atoms with E-state index in [9.17, 15) is 15.0 Å². The van der Waals surface area contributed by atoms with Crippen LogP contribution in [0.25, 0.3) is 0 Å². The Hall–Kier alpha value is -1.43. The van der Waals surface area contributed by atoms with Gasteiger partial charge in [-0.15, -0.1) is 0 Å². The Balaban J connectivity index is 2.88. The van der Waals surface area contributed by atoms with Gasteiger partial charge in [0.25, 0.3) is 5.91 Å². The number of rotatable bonds is 6. The van der Waals surface area contributed by atoms with E-state index in [1.165, 1.54) is 6.92 Å². The lowest BCUT2D eigenvalue weighted by Crippen LogP contribution is -2.58. The molecule has 0 radical (unpaired) electrons. The van der Waals surface area contributed by atoms with Crippen LogP contribution < -0.4 is 11.1 Å². The molecule has 0 aliphatic carbocycles. The molecule has 0 fully saturated rings. The summed E-state index contributed by atoms with van der Waals surface area (Å²) in [5.74, 6) is -0.506. The molecular weight excluding hydrogens is 280 g/mol. The first kappa shape index (κ1) is 18.6. The Morgan fingerprint density at radius 2 is 1.77 bits per heavy atom. The minimum absolute atomic E-state index is 0.0371. The van der Waals surface area contributed by atoms with Crippen LogP contribution in [-0.4, -0.2) is 40.4 Å². The van der Waals surface area contributed by atoms with Gasteiger partial charge >= 0.3 is 0 Å². The summed E-state index contributed by atoms with van der Waals surface area (Å²) in [5, 5.41) is 23.3. The number of aliphatic hydroxyl groups excluding tert-OH is 1. The lowest BCUT2D eigenvalue weighted by atomic mass is 9.77. The molecule has 1 rings (SSSR count). The normalized spacial score (nSPS) is 17.4. The quantitative estimate of drug-likeness (QED) is 0.626. The molecule has 124 valence electrons. The minimum atomic E-state index is -1.55. The highest BCUT2D eigenvalue weighted by Crippen LogP contribution is 2.30. The van der Waals surface area contributed by atoms with Crippen molar-refractivity contribution >= 4 is 5.91 Å². The lowest BCUT2D eigenvalue weighted by molar-refractivity contribution is -0.150. The molecule has 22 heavy (non-hydrogen) atoms. The first-order valence-electron chi connectivity index (χ1n) is 7.55. The van der Waals surface area contributed by atoms with Gasteiger partial charge in [0.05, 0.1) is 12.1 Å². The van der Waals surface area contributed by atoms with Crippen molar-refractivity contribution in [2.75, 3.05) is 6.54 Å². The monoisotopic (exact) mass is 308 g/mol. The van der Waals surface area contributed by atoms with Gasteiger partial charge in [0.15, 0.2) is 0 Å². The van der Waals surface area contributed by atoms with Crippen LogP contribution in [0.4, 0.5) is 0 Å². The average Bonchev–Trinajstić information content (AvgIpc) is 2.45. The number of benzene rings is 1. The third kappa shape index (κ3) is 4.53. The van der Waals surface area contributed by atoms with Crippen molar-refractivity contribution in [3.05, 3.63) is 35.9 Å². The van der Waals surface area contributed by atoms with E-state index in [0.29, 0.717) is 6.42 Å². The Morgan fingerprint density at radius 1 is 1.23 bits per heavy atom. The summed E-state index contributed by atoms with van der Waals surface area (Å²) in [6.07, 6.45) is -0.425. The molecule has 0 saturated carbocycles. The van der Waals surface area contributed by atoms with Crippen molar-refractivity contribution in [1.82, 2.24) is 5.32 Å². The van der Waals surface area contributed by atoms with E-state index in [0.717, 1.165) is 5.56 Å². The molecule has 5 heteroatoms. The maximum atomic E-state index is 12.4. The molecule has 3 atom stereocenters. The van der Waals surface area contributed by atoms with Gasteiger partial charge in [0.2, 0.25) is 0 Å². The van der Waals surface area contributed by atoms with Gasteiger partial charge in [0, 0.05) is 6.54 Å². The maximum absolute atomic E-state index is 12.4. The fourth-order valence-corrected chi connectivity index (χ4v) is 1.97. The molecule has 5 nitrogen and oxygen atoms in total. The predicted octanol–water partition coefficient (Wildman–Crippen LogP) is 0.831. The maximum Gasteiger partial charge on any atom is 0.252 e. The molecule has 1 aromatic carbocycles. The molecule has 0 aliphatic heterocycles. The van der Waals surface area contributed by atoms with Crippen molar-refractivity contribution in [1.29, 1.82) is 0 Å². The number of nitrogens with one attached hydrogen (secondary N) is 1. The highest BCUT2D eigenvalue weighted by atomic mass is 16.3. The van der Waals surface area contributed by atoms with Crippen LogP contribution in [-0.2, 0) is 11.2 Å². The van der Waals surface area contributed by atoms with Crippen molar-refractivity contribution in [2.24, 2.45) is 11.1 Å². The second-order valence-corrected chi connectivity index (χ2v) is 6.89. The molecule has 0 heterocycles. The van der Waals surface area contributed by atoms with Crippen molar-refractivity contribution in [2.45, 2.75) is 51.9 Å². The standard InChI is InChI=1S/C17H28N2O3/c1-16(2,3)17(4,22)15(21)19-13(14(20)11-18)10-12-8-6-5-7-9-12/h5-9,13-14,20,22H,10-11,18H2,1-4H3,(H,19,21)/t13-,14-,17-/m0/s1. The predicted molar refractivity (Wildman–Crippen MR) is 87.2 cm³/mol. The van der Waals surface area contributed by atoms with E-state index in [1.54, 1.807) is 20.8 Å². The van der Waals surface area contributed by atoms with Crippen LogP contribution in [0.15, 0.2) is 30.3 Å². The van der Waals surface area contributed by atoms with Crippen LogP contribution >= 0.6 is 0 Å². The highest BCUT2D eigenvalue weighted by Gasteiger charge is 2.43. The van der Waals surface area contributed by atoms with Crippen LogP contribution in [0.5, 0.6) is 0 Å². The molecular formula is C17H28N2O3. The number of carbonyl (C=O) groups is 1. The molecule has 0 saturated heterocycles. The minimum Gasteiger partial charge on any atom is -0.390 e. The van der Waals surface area contributed by atoms with Crippen molar-refractivity contribution in [3.8, 4) is 0 Å². The molecule has 5 N–H and O–H groups in total. The fraction of sp³-hybridized carbons (Fsp3) is 0.588. The molecule has 1 aromatic rings. The number of nitrogens with two attached hydrogens (primary N) is 1. The summed E-state index contributed by atoms with van der Waals surface area (Å²) >= 11 is 0. The van der Waals surface area contributed by atoms with Gasteiger partial charge in [-0.3, -0.25) is 4.79 Å². The first-order chi connectivity index (χ1) is 10.1. The zero-order chi connectivity index (χ0) is 17.0. The first-order valence-corrected chi connectivity index (χ1v) is 7.55. The second-order valence-electron chi connectivity index (χ2n) is 6.89. The molecule has 0 bridgehead atoms. The Kier molecular flexibility index (Phi) is 6.11. The lowest BCUT2D eigenvalue weighted by Gasteiger charge is -2.37. The number of amides is 1. The zero-order valence-corrected chi connectivity index (χ0v) is 13.8. The van der Waals surface area contributed by atoms with Gasteiger partial charge in [-0.1, -0.05) is 51.1 Å². The average molecular weight is 308 g/mol.